The molecule has 100 valence electrons. The normalized spacial score (nSPS) is 10.3. The third-order valence-corrected chi connectivity index (χ3v) is 3.50. The molecule has 0 N–H and O–H groups in total. The highest BCUT2D eigenvalue weighted by Crippen LogP contribution is 2.27. The van der Waals surface area contributed by atoms with Gasteiger partial charge in [-0.15, -0.1) is 0 Å². The van der Waals surface area contributed by atoms with Crippen molar-refractivity contribution >= 4 is 27.5 Å². The predicted octanol–water partition coefficient (Wildman–Crippen LogP) is 5.00. The fraction of sp³-hybridized carbons (Fsp3) is 0.200. The molecule has 4 heteroatoms. The highest BCUT2D eigenvalue weighted by atomic mass is 79.9. The predicted molar refractivity (Wildman–Crippen MR) is 81.2 cm³/mol. The molecule has 0 spiro atoms. The maximum atomic E-state index is 5.97. The summed E-state index contributed by atoms with van der Waals surface area (Å²) >= 11 is 9.42. The Balaban J connectivity index is 2.18. The fourth-order valence-electron chi connectivity index (χ4n) is 1.74. The minimum atomic E-state index is 0.434. The van der Waals surface area contributed by atoms with Gasteiger partial charge in [-0.1, -0.05) is 33.6 Å². The second-order valence-corrected chi connectivity index (χ2v) is 5.51. The van der Waals surface area contributed by atoms with Gasteiger partial charge in [-0.25, -0.2) is 0 Å². The van der Waals surface area contributed by atoms with E-state index in [4.69, 9.17) is 21.1 Å². The van der Waals surface area contributed by atoms with Crippen molar-refractivity contribution in [3.05, 3.63) is 57.0 Å². The second-order valence-electron chi connectivity index (χ2n) is 4.15. The summed E-state index contributed by atoms with van der Waals surface area (Å²) in [6, 6.07) is 11.4. The summed E-state index contributed by atoms with van der Waals surface area (Å²) in [6.07, 6.45) is 0. The van der Waals surface area contributed by atoms with E-state index in [2.05, 4.69) is 15.9 Å². The van der Waals surface area contributed by atoms with Gasteiger partial charge in [-0.2, -0.15) is 0 Å². The van der Waals surface area contributed by atoms with Crippen molar-refractivity contribution < 1.29 is 9.47 Å². The molecule has 0 saturated heterocycles. The lowest BCUT2D eigenvalue weighted by atomic mass is 10.2. The van der Waals surface area contributed by atoms with Crippen LogP contribution in [-0.2, 0) is 6.61 Å². The number of halogens is 2. The van der Waals surface area contributed by atoms with Crippen LogP contribution >= 0.6 is 27.5 Å². The van der Waals surface area contributed by atoms with Crippen LogP contribution < -0.4 is 9.47 Å². The first kappa shape index (κ1) is 14.2. The summed E-state index contributed by atoms with van der Waals surface area (Å²) in [7, 11) is 1.65. The van der Waals surface area contributed by atoms with Crippen LogP contribution in [0, 0.1) is 6.92 Å². The zero-order valence-electron chi connectivity index (χ0n) is 10.7. The maximum absolute atomic E-state index is 5.97. The summed E-state index contributed by atoms with van der Waals surface area (Å²) in [5.41, 5.74) is 2.04. The second kappa shape index (κ2) is 6.31. The lowest BCUT2D eigenvalue weighted by molar-refractivity contribution is 0.295. The largest absolute Gasteiger partial charge is 0.496 e. The molecule has 0 saturated carbocycles. The molecule has 2 aromatic rings. The molecule has 0 bridgehead atoms. The molecular formula is C15H14BrClO2. The molecule has 0 aliphatic rings. The summed E-state index contributed by atoms with van der Waals surface area (Å²) in [5.74, 6) is 1.59. The van der Waals surface area contributed by atoms with Crippen LogP contribution in [0.15, 0.2) is 40.9 Å². The molecule has 0 amide bonds. The van der Waals surface area contributed by atoms with Crippen LogP contribution in [0.2, 0.25) is 5.02 Å². The first-order chi connectivity index (χ1) is 9.10. The molecule has 0 aromatic heterocycles. The first-order valence-corrected chi connectivity index (χ1v) is 6.98. The molecule has 2 aromatic carbocycles. The van der Waals surface area contributed by atoms with Gasteiger partial charge in [0.25, 0.3) is 0 Å². The summed E-state index contributed by atoms with van der Waals surface area (Å²) in [5, 5.41) is 0.668. The highest BCUT2D eigenvalue weighted by molar-refractivity contribution is 9.10. The summed E-state index contributed by atoms with van der Waals surface area (Å²) in [4.78, 5) is 0. The smallest absolute Gasteiger partial charge is 0.125 e. The Bertz CT molecular complexity index is 584. The molecule has 0 unspecified atom stereocenters. The van der Waals surface area contributed by atoms with Crippen molar-refractivity contribution in [3.63, 3.8) is 0 Å². The highest BCUT2D eigenvalue weighted by Gasteiger charge is 2.06. The number of methoxy groups -OCH3 is 1. The van der Waals surface area contributed by atoms with Gasteiger partial charge >= 0.3 is 0 Å². The van der Waals surface area contributed by atoms with E-state index in [1.807, 2.05) is 43.3 Å². The van der Waals surface area contributed by atoms with Crippen molar-refractivity contribution in [2.75, 3.05) is 7.11 Å². The van der Waals surface area contributed by atoms with E-state index >= 15 is 0 Å². The number of benzene rings is 2. The number of rotatable bonds is 4. The summed E-state index contributed by atoms with van der Waals surface area (Å²) < 4.78 is 12.1. The van der Waals surface area contributed by atoms with E-state index in [9.17, 15) is 0 Å². The number of ether oxygens (including phenoxy) is 2. The van der Waals surface area contributed by atoms with E-state index < -0.39 is 0 Å². The van der Waals surface area contributed by atoms with Gasteiger partial charge in [-0.05, 0) is 42.8 Å². The van der Waals surface area contributed by atoms with Gasteiger partial charge in [0.05, 0.1) is 7.11 Å². The topological polar surface area (TPSA) is 18.5 Å². The van der Waals surface area contributed by atoms with Gasteiger partial charge in [0.1, 0.15) is 18.1 Å². The lowest BCUT2D eigenvalue weighted by Crippen LogP contribution is -2.00. The van der Waals surface area contributed by atoms with Crippen LogP contribution in [0.25, 0.3) is 0 Å². The van der Waals surface area contributed by atoms with Gasteiger partial charge in [0, 0.05) is 15.1 Å². The molecule has 0 aliphatic heterocycles. The van der Waals surface area contributed by atoms with Crippen molar-refractivity contribution in [1.29, 1.82) is 0 Å². The molecule has 2 rings (SSSR count). The quantitative estimate of drug-likeness (QED) is 0.779. The van der Waals surface area contributed by atoms with Crippen LogP contribution in [0.3, 0.4) is 0 Å². The SMILES string of the molecule is COc1ccc(Br)cc1COc1cc(Cl)ccc1C. The maximum Gasteiger partial charge on any atom is 0.125 e. The summed E-state index contributed by atoms with van der Waals surface area (Å²) in [6.45, 7) is 2.42. The third-order valence-electron chi connectivity index (χ3n) is 2.78. The molecule has 0 radical (unpaired) electrons. The van der Waals surface area contributed by atoms with Crippen molar-refractivity contribution in [2.24, 2.45) is 0 Å². The number of aryl methyl sites for hydroxylation is 1. The zero-order chi connectivity index (χ0) is 13.8. The van der Waals surface area contributed by atoms with Crippen molar-refractivity contribution in [2.45, 2.75) is 13.5 Å². The number of hydrogen-bond donors (Lipinski definition) is 0. The Morgan fingerprint density at radius 1 is 1.11 bits per heavy atom. The van der Waals surface area contributed by atoms with Gasteiger partial charge in [0.2, 0.25) is 0 Å². The Morgan fingerprint density at radius 3 is 2.63 bits per heavy atom. The van der Waals surface area contributed by atoms with Crippen LogP contribution in [0.4, 0.5) is 0 Å². The average Bonchev–Trinajstić information content (AvgIpc) is 2.40. The van der Waals surface area contributed by atoms with E-state index in [0.717, 1.165) is 27.1 Å². The van der Waals surface area contributed by atoms with E-state index in [1.54, 1.807) is 7.11 Å². The van der Waals surface area contributed by atoms with Crippen molar-refractivity contribution in [3.8, 4) is 11.5 Å². The van der Waals surface area contributed by atoms with Gasteiger partial charge in [-0.3, -0.25) is 0 Å². The standard InChI is InChI=1S/C15H14BrClO2/c1-10-3-5-13(17)8-15(10)19-9-11-7-12(16)4-6-14(11)18-2/h3-8H,9H2,1-2H3. The molecule has 0 atom stereocenters. The van der Waals surface area contributed by atoms with Crippen LogP contribution in [0.5, 0.6) is 11.5 Å². The van der Waals surface area contributed by atoms with Gasteiger partial charge in [0.15, 0.2) is 0 Å². The Kier molecular flexibility index (Phi) is 4.72. The van der Waals surface area contributed by atoms with E-state index in [-0.39, 0.29) is 0 Å². The fourth-order valence-corrected chi connectivity index (χ4v) is 2.32. The Hall–Kier alpha value is -1.19. The lowest BCUT2D eigenvalue weighted by Gasteiger charge is -2.12. The Labute approximate surface area is 126 Å². The zero-order valence-corrected chi connectivity index (χ0v) is 13.1. The molecule has 19 heavy (non-hydrogen) atoms. The minimum Gasteiger partial charge on any atom is -0.496 e. The average molecular weight is 342 g/mol. The number of hydrogen-bond acceptors (Lipinski definition) is 2. The molecule has 0 aliphatic carbocycles. The first-order valence-electron chi connectivity index (χ1n) is 5.81. The van der Waals surface area contributed by atoms with Crippen LogP contribution in [-0.4, -0.2) is 7.11 Å². The van der Waals surface area contributed by atoms with Crippen LogP contribution in [0.1, 0.15) is 11.1 Å². The Morgan fingerprint density at radius 2 is 1.89 bits per heavy atom. The van der Waals surface area contributed by atoms with Crippen molar-refractivity contribution in [1.82, 2.24) is 0 Å². The monoisotopic (exact) mass is 340 g/mol. The van der Waals surface area contributed by atoms with E-state index in [0.29, 0.717) is 11.6 Å². The molecule has 2 nitrogen and oxygen atoms in total. The van der Waals surface area contributed by atoms with E-state index in [1.165, 1.54) is 0 Å². The molecule has 0 heterocycles. The third kappa shape index (κ3) is 3.64. The molecule has 0 fully saturated rings. The minimum absolute atomic E-state index is 0.434. The molecular weight excluding hydrogens is 328 g/mol. The van der Waals surface area contributed by atoms with Gasteiger partial charge < -0.3 is 9.47 Å².